The van der Waals surface area contributed by atoms with Crippen LogP contribution in [0.3, 0.4) is 0 Å². The molecular weight excluding hydrogens is 352 g/mol. The van der Waals surface area contributed by atoms with Crippen molar-refractivity contribution in [2.24, 2.45) is 16.7 Å². The summed E-state index contributed by atoms with van der Waals surface area (Å²) in [7, 11) is 0. The van der Waals surface area contributed by atoms with E-state index in [9.17, 15) is 20.1 Å². The molecule has 0 aromatic rings. The molecule has 2 saturated heterocycles. The van der Waals surface area contributed by atoms with Gasteiger partial charge in [0.05, 0.1) is 25.4 Å². The minimum Gasteiger partial charge on any atom is -0.458 e. The Morgan fingerprint density at radius 3 is 2.63 bits per heavy atom. The molecule has 1 saturated carbocycles. The monoisotopic (exact) mass is 382 g/mol. The largest absolute Gasteiger partial charge is 0.458 e. The average Bonchev–Trinajstić information content (AvgIpc) is 3.38. The zero-order chi connectivity index (χ0) is 19.8. The van der Waals surface area contributed by atoms with Crippen LogP contribution < -0.4 is 0 Å². The molecule has 4 rings (SSSR count). The lowest BCUT2D eigenvalue weighted by atomic mass is 9.51. The van der Waals surface area contributed by atoms with E-state index in [1.54, 1.807) is 0 Å². The molecule has 0 amide bonds. The number of carbonyl (C=O) groups is 1. The first-order valence-electron chi connectivity index (χ1n) is 9.77. The van der Waals surface area contributed by atoms with E-state index in [1.807, 2.05) is 33.8 Å². The highest BCUT2D eigenvalue weighted by Gasteiger charge is 2.84. The van der Waals surface area contributed by atoms with Crippen molar-refractivity contribution < 1.29 is 34.3 Å². The third kappa shape index (κ3) is 2.29. The molecule has 0 radical (unpaired) electrons. The molecule has 27 heavy (non-hydrogen) atoms. The molecule has 152 valence electrons. The normalized spacial score (nSPS) is 50.5. The summed E-state index contributed by atoms with van der Waals surface area (Å²) in [5.41, 5.74) is -1.78. The van der Waals surface area contributed by atoms with Crippen molar-refractivity contribution in [3.63, 3.8) is 0 Å². The van der Waals surface area contributed by atoms with Crippen molar-refractivity contribution in [1.82, 2.24) is 0 Å². The van der Waals surface area contributed by atoms with E-state index < -0.39 is 47.0 Å². The van der Waals surface area contributed by atoms with Crippen molar-refractivity contribution >= 4 is 5.97 Å². The van der Waals surface area contributed by atoms with Gasteiger partial charge in [0.15, 0.2) is 0 Å². The fraction of sp³-hybridized carbons (Fsp3) is 0.850. The standard InChI is InChI=1S/C20H30O7/c1-10(2)5-14(22)26-12-7-19(8-21)13(6-11(12)3)27-17-15(23)16(24)18(19,4)20(17)9-25-20/h6,10,12-13,15-17,21,23-24H,5,7-9H2,1-4H3/t12-,13+,15+,16+,17+,18+,19+,20?/m0/s1. The van der Waals surface area contributed by atoms with Crippen LogP contribution in [0.25, 0.3) is 0 Å². The van der Waals surface area contributed by atoms with Crippen LogP contribution in [0.15, 0.2) is 11.6 Å². The number of aliphatic hydroxyl groups excluding tert-OH is 3. The van der Waals surface area contributed by atoms with Gasteiger partial charge in [0.2, 0.25) is 0 Å². The van der Waals surface area contributed by atoms with Crippen molar-refractivity contribution in [3.8, 4) is 0 Å². The second-order valence-corrected chi connectivity index (χ2v) is 9.30. The van der Waals surface area contributed by atoms with E-state index in [-0.39, 0.29) is 18.5 Å². The smallest absolute Gasteiger partial charge is 0.306 e. The number of fused-ring (bicyclic) bond motifs is 2. The van der Waals surface area contributed by atoms with Gasteiger partial charge in [0.1, 0.15) is 23.9 Å². The van der Waals surface area contributed by atoms with Crippen LogP contribution in [0, 0.1) is 16.7 Å². The molecule has 7 heteroatoms. The molecule has 2 aliphatic heterocycles. The molecule has 0 aromatic heterocycles. The predicted molar refractivity (Wildman–Crippen MR) is 94.7 cm³/mol. The third-order valence-corrected chi connectivity index (χ3v) is 7.49. The minimum atomic E-state index is -1.10. The predicted octanol–water partition coefficient (Wildman–Crippen LogP) is 0.551. The van der Waals surface area contributed by atoms with Crippen molar-refractivity contribution in [1.29, 1.82) is 0 Å². The van der Waals surface area contributed by atoms with Crippen LogP contribution in [0.1, 0.15) is 40.5 Å². The molecule has 2 bridgehead atoms. The number of hydrogen-bond donors (Lipinski definition) is 3. The first kappa shape index (κ1) is 19.3. The van der Waals surface area contributed by atoms with Gasteiger partial charge in [-0.1, -0.05) is 26.8 Å². The summed E-state index contributed by atoms with van der Waals surface area (Å²) in [5, 5.41) is 32.1. The Labute approximate surface area is 159 Å². The van der Waals surface area contributed by atoms with Crippen molar-refractivity contribution in [3.05, 3.63) is 11.6 Å². The molecule has 4 aliphatic rings. The maximum absolute atomic E-state index is 12.3. The number of hydrogen-bond acceptors (Lipinski definition) is 7. The SMILES string of the molecule is CC1=C[C@H]2O[C@@H]3[C@H](O)[C@@H](O)[C@@](C)(C34CO4)[C@@]2(CO)C[C@@H]1OC(=O)CC(C)C. The van der Waals surface area contributed by atoms with Crippen LogP contribution in [-0.4, -0.2) is 70.6 Å². The summed E-state index contributed by atoms with van der Waals surface area (Å²) < 4.78 is 17.7. The number of ether oxygens (including phenoxy) is 3. The number of epoxide rings is 1. The maximum Gasteiger partial charge on any atom is 0.306 e. The number of esters is 1. The van der Waals surface area contributed by atoms with Crippen LogP contribution in [0.4, 0.5) is 0 Å². The third-order valence-electron chi connectivity index (χ3n) is 7.49. The molecule has 1 unspecified atom stereocenters. The summed E-state index contributed by atoms with van der Waals surface area (Å²) >= 11 is 0. The highest BCUT2D eigenvalue weighted by Crippen LogP contribution is 2.71. The van der Waals surface area contributed by atoms with Crippen LogP contribution in [-0.2, 0) is 19.0 Å². The zero-order valence-corrected chi connectivity index (χ0v) is 16.3. The molecule has 8 atom stereocenters. The lowest BCUT2D eigenvalue weighted by Gasteiger charge is -2.58. The topological polar surface area (TPSA) is 109 Å². The zero-order valence-electron chi connectivity index (χ0n) is 16.3. The lowest BCUT2D eigenvalue weighted by Crippen LogP contribution is -2.67. The molecule has 2 aliphatic carbocycles. The Morgan fingerprint density at radius 2 is 2.07 bits per heavy atom. The van der Waals surface area contributed by atoms with E-state index in [1.165, 1.54) is 0 Å². The van der Waals surface area contributed by atoms with Gasteiger partial charge >= 0.3 is 5.97 Å². The quantitative estimate of drug-likeness (QED) is 0.370. The molecule has 7 nitrogen and oxygen atoms in total. The Bertz CT molecular complexity index is 669. The van der Waals surface area contributed by atoms with E-state index >= 15 is 0 Å². The first-order valence-corrected chi connectivity index (χ1v) is 9.77. The highest BCUT2D eigenvalue weighted by atomic mass is 16.6. The van der Waals surface area contributed by atoms with Crippen LogP contribution in [0.5, 0.6) is 0 Å². The van der Waals surface area contributed by atoms with Gasteiger partial charge in [0.25, 0.3) is 0 Å². The fourth-order valence-electron chi connectivity index (χ4n) is 5.72. The fourth-order valence-corrected chi connectivity index (χ4v) is 5.72. The summed E-state index contributed by atoms with van der Waals surface area (Å²) in [4.78, 5) is 12.3. The number of carbonyl (C=O) groups excluding carboxylic acids is 1. The van der Waals surface area contributed by atoms with Gasteiger partial charge in [-0.3, -0.25) is 4.79 Å². The molecule has 2 heterocycles. The minimum absolute atomic E-state index is 0.191. The van der Waals surface area contributed by atoms with E-state index in [4.69, 9.17) is 14.2 Å². The summed E-state index contributed by atoms with van der Waals surface area (Å²) in [6, 6.07) is 0. The molecular formula is C20H30O7. The van der Waals surface area contributed by atoms with Gasteiger partial charge in [0, 0.05) is 17.3 Å². The van der Waals surface area contributed by atoms with Gasteiger partial charge in [-0.25, -0.2) is 0 Å². The lowest BCUT2D eigenvalue weighted by molar-refractivity contribution is -0.235. The molecule has 0 aromatic carbocycles. The molecule has 1 spiro atoms. The summed E-state index contributed by atoms with van der Waals surface area (Å²) in [6.07, 6.45) is -1.29. The van der Waals surface area contributed by atoms with Crippen LogP contribution >= 0.6 is 0 Å². The Hall–Kier alpha value is -0.990. The highest BCUT2D eigenvalue weighted by molar-refractivity contribution is 5.70. The first-order chi connectivity index (χ1) is 12.6. The van der Waals surface area contributed by atoms with E-state index in [0.29, 0.717) is 19.4 Å². The summed E-state index contributed by atoms with van der Waals surface area (Å²) in [5.74, 6) is -0.0883. The maximum atomic E-state index is 12.3. The number of aliphatic hydroxyl groups is 3. The Morgan fingerprint density at radius 1 is 1.41 bits per heavy atom. The van der Waals surface area contributed by atoms with Gasteiger partial charge in [-0.2, -0.15) is 0 Å². The van der Waals surface area contributed by atoms with Gasteiger partial charge in [-0.05, 0) is 24.8 Å². The van der Waals surface area contributed by atoms with Gasteiger partial charge in [-0.15, -0.1) is 0 Å². The average molecular weight is 382 g/mol. The Kier molecular flexibility index (Phi) is 4.30. The van der Waals surface area contributed by atoms with E-state index in [2.05, 4.69) is 0 Å². The van der Waals surface area contributed by atoms with Crippen LogP contribution in [0.2, 0.25) is 0 Å². The van der Waals surface area contributed by atoms with Crippen molar-refractivity contribution in [2.45, 2.75) is 76.7 Å². The Balaban J connectivity index is 1.71. The second kappa shape index (κ2) is 6.00. The van der Waals surface area contributed by atoms with E-state index in [0.717, 1.165) is 5.57 Å². The molecule has 3 N–H and O–H groups in total. The van der Waals surface area contributed by atoms with Gasteiger partial charge < -0.3 is 29.5 Å². The molecule has 3 fully saturated rings. The van der Waals surface area contributed by atoms with Crippen molar-refractivity contribution in [2.75, 3.05) is 13.2 Å². The second-order valence-electron chi connectivity index (χ2n) is 9.30. The summed E-state index contributed by atoms with van der Waals surface area (Å²) in [6.45, 7) is 7.76. The number of rotatable bonds is 4.